The van der Waals surface area contributed by atoms with Crippen LogP contribution in [0.2, 0.25) is 0 Å². The molecule has 5 heteroatoms. The van der Waals surface area contributed by atoms with Crippen LogP contribution in [0.3, 0.4) is 0 Å². The SMILES string of the molecule is CCc1nc2[nH]c(=O)cc(-c3ccccc3)n2n1. The first-order valence-corrected chi connectivity index (χ1v) is 5.82. The summed E-state index contributed by atoms with van der Waals surface area (Å²) in [4.78, 5) is 18.6. The minimum atomic E-state index is -0.170. The molecule has 0 saturated heterocycles. The van der Waals surface area contributed by atoms with Crippen LogP contribution in [0.5, 0.6) is 0 Å². The highest BCUT2D eigenvalue weighted by Crippen LogP contribution is 2.17. The Hall–Kier alpha value is -2.43. The Morgan fingerprint density at radius 3 is 2.78 bits per heavy atom. The molecule has 0 aliphatic rings. The van der Waals surface area contributed by atoms with Gasteiger partial charge in [0, 0.05) is 18.1 Å². The summed E-state index contributed by atoms with van der Waals surface area (Å²) in [6.45, 7) is 1.98. The molecule has 0 radical (unpaired) electrons. The van der Waals surface area contributed by atoms with Crippen molar-refractivity contribution in [2.75, 3.05) is 0 Å². The molecule has 0 bridgehead atoms. The fourth-order valence-corrected chi connectivity index (χ4v) is 1.90. The molecule has 0 aliphatic carbocycles. The van der Waals surface area contributed by atoms with E-state index < -0.39 is 0 Å². The van der Waals surface area contributed by atoms with Gasteiger partial charge in [0.15, 0.2) is 5.82 Å². The number of aromatic nitrogens is 4. The lowest BCUT2D eigenvalue weighted by molar-refractivity contribution is 0.882. The van der Waals surface area contributed by atoms with Crippen LogP contribution in [0.4, 0.5) is 0 Å². The van der Waals surface area contributed by atoms with Gasteiger partial charge in [-0.25, -0.2) is 0 Å². The fourth-order valence-electron chi connectivity index (χ4n) is 1.90. The monoisotopic (exact) mass is 240 g/mol. The number of benzene rings is 1. The van der Waals surface area contributed by atoms with Crippen LogP contribution in [0, 0.1) is 0 Å². The molecule has 0 unspecified atom stereocenters. The largest absolute Gasteiger partial charge is 0.291 e. The van der Waals surface area contributed by atoms with Crippen molar-refractivity contribution in [3.8, 4) is 11.3 Å². The highest BCUT2D eigenvalue weighted by Gasteiger charge is 2.09. The van der Waals surface area contributed by atoms with Crippen LogP contribution in [-0.2, 0) is 6.42 Å². The Morgan fingerprint density at radius 1 is 1.28 bits per heavy atom. The number of aryl methyl sites for hydroxylation is 1. The van der Waals surface area contributed by atoms with E-state index >= 15 is 0 Å². The van der Waals surface area contributed by atoms with E-state index in [1.54, 1.807) is 4.52 Å². The van der Waals surface area contributed by atoms with Crippen LogP contribution in [-0.4, -0.2) is 19.6 Å². The molecular weight excluding hydrogens is 228 g/mol. The molecule has 18 heavy (non-hydrogen) atoms. The zero-order valence-corrected chi connectivity index (χ0v) is 9.92. The Labute approximate surface area is 103 Å². The molecule has 2 aromatic heterocycles. The van der Waals surface area contributed by atoms with Gasteiger partial charge in [-0.05, 0) is 0 Å². The second-order valence-corrected chi connectivity index (χ2v) is 4.00. The summed E-state index contributed by atoms with van der Waals surface area (Å²) in [7, 11) is 0. The van der Waals surface area contributed by atoms with Gasteiger partial charge >= 0.3 is 0 Å². The van der Waals surface area contributed by atoms with Gasteiger partial charge in [0.25, 0.3) is 5.56 Å². The number of hydrogen-bond donors (Lipinski definition) is 1. The van der Waals surface area contributed by atoms with Gasteiger partial charge in [-0.3, -0.25) is 9.78 Å². The molecule has 3 aromatic rings. The number of rotatable bonds is 2. The van der Waals surface area contributed by atoms with E-state index in [4.69, 9.17) is 0 Å². The average Bonchev–Trinajstić information content (AvgIpc) is 2.81. The zero-order valence-electron chi connectivity index (χ0n) is 9.92. The molecule has 0 aliphatic heterocycles. The maximum absolute atomic E-state index is 11.6. The third-order valence-electron chi connectivity index (χ3n) is 2.77. The van der Waals surface area contributed by atoms with E-state index in [0.717, 1.165) is 17.7 Å². The average molecular weight is 240 g/mol. The highest BCUT2D eigenvalue weighted by molar-refractivity contribution is 5.60. The molecule has 0 saturated carbocycles. The van der Waals surface area contributed by atoms with Crippen LogP contribution in [0.15, 0.2) is 41.2 Å². The predicted octanol–water partition coefficient (Wildman–Crippen LogP) is 1.65. The standard InChI is InChI=1S/C13H12N4O/c1-2-11-14-13-15-12(18)8-10(17(13)16-11)9-6-4-3-5-7-9/h3-8H,2H2,1H3,(H,14,15,16,18). The number of H-pyrrole nitrogens is 1. The predicted molar refractivity (Wildman–Crippen MR) is 68.4 cm³/mol. The van der Waals surface area contributed by atoms with Crippen molar-refractivity contribution in [2.45, 2.75) is 13.3 Å². The Kier molecular flexibility index (Phi) is 2.44. The summed E-state index contributed by atoms with van der Waals surface area (Å²) in [6.07, 6.45) is 0.734. The lowest BCUT2D eigenvalue weighted by Crippen LogP contribution is -2.09. The van der Waals surface area contributed by atoms with Crippen molar-refractivity contribution in [3.05, 3.63) is 52.6 Å². The van der Waals surface area contributed by atoms with Crippen molar-refractivity contribution in [1.29, 1.82) is 0 Å². The molecule has 3 rings (SSSR count). The van der Waals surface area contributed by atoms with Crippen molar-refractivity contribution >= 4 is 5.78 Å². The van der Waals surface area contributed by atoms with Crippen molar-refractivity contribution in [2.24, 2.45) is 0 Å². The van der Waals surface area contributed by atoms with Gasteiger partial charge in [0.05, 0.1) is 5.69 Å². The normalized spacial score (nSPS) is 10.9. The Balaban J connectivity index is 2.34. The molecule has 1 N–H and O–H groups in total. The Morgan fingerprint density at radius 2 is 2.06 bits per heavy atom. The first-order chi connectivity index (χ1) is 8.78. The minimum Gasteiger partial charge on any atom is -0.291 e. The van der Waals surface area contributed by atoms with Crippen molar-refractivity contribution < 1.29 is 0 Å². The van der Waals surface area contributed by atoms with Crippen LogP contribution in [0.25, 0.3) is 17.0 Å². The first kappa shape index (κ1) is 10.7. The molecule has 2 heterocycles. The van der Waals surface area contributed by atoms with Gasteiger partial charge in [-0.1, -0.05) is 37.3 Å². The highest BCUT2D eigenvalue weighted by atomic mass is 16.1. The van der Waals surface area contributed by atoms with Gasteiger partial charge in [-0.2, -0.15) is 9.50 Å². The van der Waals surface area contributed by atoms with Crippen molar-refractivity contribution in [1.82, 2.24) is 19.6 Å². The number of aromatic amines is 1. The summed E-state index contributed by atoms with van der Waals surface area (Å²) in [5.74, 6) is 1.20. The molecule has 0 atom stereocenters. The zero-order chi connectivity index (χ0) is 12.5. The van der Waals surface area contributed by atoms with Gasteiger partial charge in [0.1, 0.15) is 0 Å². The summed E-state index contributed by atoms with van der Waals surface area (Å²) >= 11 is 0. The summed E-state index contributed by atoms with van der Waals surface area (Å²) < 4.78 is 1.68. The first-order valence-electron chi connectivity index (χ1n) is 5.82. The number of fused-ring (bicyclic) bond motifs is 1. The van der Waals surface area contributed by atoms with Crippen LogP contribution >= 0.6 is 0 Å². The van der Waals surface area contributed by atoms with Crippen LogP contribution in [0.1, 0.15) is 12.7 Å². The summed E-state index contributed by atoms with van der Waals surface area (Å²) in [6, 6.07) is 11.2. The van der Waals surface area contributed by atoms with Gasteiger partial charge < -0.3 is 0 Å². The molecule has 0 spiro atoms. The topological polar surface area (TPSA) is 63.0 Å². The van der Waals surface area contributed by atoms with E-state index in [2.05, 4.69) is 15.1 Å². The number of nitrogens with one attached hydrogen (secondary N) is 1. The molecule has 0 amide bonds. The summed E-state index contributed by atoms with van der Waals surface area (Å²) in [5, 5.41) is 4.38. The Bertz CT molecular complexity index is 743. The lowest BCUT2D eigenvalue weighted by Gasteiger charge is -2.02. The molecule has 1 aromatic carbocycles. The molecular formula is C13H12N4O. The maximum atomic E-state index is 11.6. The second-order valence-electron chi connectivity index (χ2n) is 4.00. The van der Waals surface area contributed by atoms with Crippen LogP contribution < -0.4 is 5.56 Å². The number of nitrogens with zero attached hydrogens (tertiary/aromatic N) is 3. The lowest BCUT2D eigenvalue weighted by atomic mass is 10.1. The third kappa shape index (κ3) is 1.69. The van der Waals surface area contributed by atoms with E-state index in [-0.39, 0.29) is 5.56 Å². The minimum absolute atomic E-state index is 0.170. The fraction of sp³-hybridized carbons (Fsp3) is 0.154. The van der Waals surface area contributed by atoms with Gasteiger partial charge in [0.2, 0.25) is 5.78 Å². The van der Waals surface area contributed by atoms with E-state index in [1.165, 1.54) is 6.07 Å². The van der Waals surface area contributed by atoms with Gasteiger partial charge in [-0.15, -0.1) is 5.10 Å². The third-order valence-corrected chi connectivity index (χ3v) is 2.77. The molecule has 5 nitrogen and oxygen atoms in total. The maximum Gasteiger partial charge on any atom is 0.252 e. The smallest absolute Gasteiger partial charge is 0.252 e. The molecule has 0 fully saturated rings. The van der Waals surface area contributed by atoms with E-state index in [9.17, 15) is 4.79 Å². The van der Waals surface area contributed by atoms with E-state index in [0.29, 0.717) is 11.6 Å². The number of hydrogen-bond acceptors (Lipinski definition) is 3. The quantitative estimate of drug-likeness (QED) is 0.740. The second kappa shape index (κ2) is 4.10. The summed E-state index contributed by atoms with van der Waals surface area (Å²) in [5.41, 5.74) is 1.53. The molecule has 90 valence electrons. The van der Waals surface area contributed by atoms with Crippen molar-refractivity contribution in [3.63, 3.8) is 0 Å². The van der Waals surface area contributed by atoms with E-state index in [1.807, 2.05) is 37.3 Å².